The number of benzene rings is 1. The lowest BCUT2D eigenvalue weighted by Gasteiger charge is -2.32. The minimum absolute atomic E-state index is 0.275. The summed E-state index contributed by atoms with van der Waals surface area (Å²) < 4.78 is 5.88. The first-order chi connectivity index (χ1) is 10.5. The summed E-state index contributed by atoms with van der Waals surface area (Å²) in [5.74, 6) is 1.83. The van der Waals surface area contributed by atoms with Crippen LogP contribution in [0.25, 0.3) is 0 Å². The molecule has 0 aromatic heterocycles. The molecule has 1 aromatic carbocycles. The van der Waals surface area contributed by atoms with E-state index in [0.717, 1.165) is 31.8 Å². The van der Waals surface area contributed by atoms with Crippen molar-refractivity contribution in [2.75, 3.05) is 40.3 Å². The van der Waals surface area contributed by atoms with Gasteiger partial charge < -0.3 is 14.5 Å². The Labute approximate surface area is 134 Å². The molecule has 2 rings (SSSR count). The molecule has 1 unspecified atom stereocenters. The number of amides is 1. The van der Waals surface area contributed by atoms with Gasteiger partial charge in [-0.05, 0) is 44.9 Å². The number of carbonyl (C=O) groups excluding carboxylic acids is 1. The van der Waals surface area contributed by atoms with Crippen LogP contribution in [0.15, 0.2) is 18.2 Å². The van der Waals surface area contributed by atoms with Crippen LogP contribution in [0.5, 0.6) is 5.75 Å². The third kappa shape index (κ3) is 4.73. The standard InChI is InChI=1S/C18H28N2O2/c1-14-5-7-17(15(2)11-14)22-10-9-19(3)12-16-6-8-18(21)20(4)13-16/h5,7,11,16H,6,8-10,12-13H2,1-4H3. The molecule has 0 radical (unpaired) electrons. The van der Waals surface area contributed by atoms with Gasteiger partial charge in [0.05, 0.1) is 0 Å². The highest BCUT2D eigenvalue weighted by atomic mass is 16.5. The summed E-state index contributed by atoms with van der Waals surface area (Å²) >= 11 is 0. The van der Waals surface area contributed by atoms with Crippen molar-refractivity contribution in [3.8, 4) is 5.75 Å². The minimum Gasteiger partial charge on any atom is -0.492 e. The number of nitrogens with zero attached hydrogens (tertiary/aromatic N) is 2. The van der Waals surface area contributed by atoms with E-state index in [1.54, 1.807) is 0 Å². The molecule has 0 spiro atoms. The van der Waals surface area contributed by atoms with Crippen LogP contribution in [-0.2, 0) is 4.79 Å². The molecular weight excluding hydrogens is 276 g/mol. The van der Waals surface area contributed by atoms with Crippen LogP contribution < -0.4 is 4.74 Å². The van der Waals surface area contributed by atoms with E-state index in [0.29, 0.717) is 18.9 Å². The Bertz CT molecular complexity index is 516. The van der Waals surface area contributed by atoms with Gasteiger partial charge in [0, 0.05) is 33.1 Å². The molecule has 4 heteroatoms. The fraction of sp³-hybridized carbons (Fsp3) is 0.611. The Kier molecular flexibility index (Phi) is 5.83. The van der Waals surface area contributed by atoms with E-state index in [1.807, 2.05) is 18.0 Å². The number of piperidine rings is 1. The topological polar surface area (TPSA) is 32.8 Å². The molecule has 0 saturated carbocycles. The molecule has 1 amide bonds. The van der Waals surface area contributed by atoms with Gasteiger partial charge in [-0.25, -0.2) is 0 Å². The Hall–Kier alpha value is -1.55. The Morgan fingerprint density at radius 1 is 1.36 bits per heavy atom. The molecule has 0 aliphatic carbocycles. The lowest BCUT2D eigenvalue weighted by Crippen LogP contribution is -2.41. The SMILES string of the molecule is Cc1ccc(OCCN(C)CC2CCC(=O)N(C)C2)c(C)c1. The second-order valence-electron chi connectivity index (χ2n) is 6.56. The summed E-state index contributed by atoms with van der Waals surface area (Å²) in [7, 11) is 4.03. The van der Waals surface area contributed by atoms with Crippen molar-refractivity contribution in [2.45, 2.75) is 26.7 Å². The number of carbonyl (C=O) groups is 1. The highest BCUT2D eigenvalue weighted by Crippen LogP contribution is 2.19. The average Bonchev–Trinajstić information content (AvgIpc) is 2.45. The van der Waals surface area contributed by atoms with Gasteiger partial charge in [0.2, 0.25) is 5.91 Å². The summed E-state index contributed by atoms with van der Waals surface area (Å²) in [6, 6.07) is 6.28. The highest BCUT2D eigenvalue weighted by molar-refractivity contribution is 5.76. The van der Waals surface area contributed by atoms with E-state index in [1.165, 1.54) is 11.1 Å². The van der Waals surface area contributed by atoms with E-state index in [2.05, 4.69) is 37.9 Å². The number of rotatable bonds is 6. The number of aryl methyl sites for hydroxylation is 2. The first-order valence-electron chi connectivity index (χ1n) is 8.08. The Balaban J connectivity index is 1.71. The van der Waals surface area contributed by atoms with Gasteiger partial charge in [-0.2, -0.15) is 0 Å². The fourth-order valence-electron chi connectivity index (χ4n) is 3.05. The number of hydrogen-bond donors (Lipinski definition) is 0. The van der Waals surface area contributed by atoms with E-state index in [-0.39, 0.29) is 5.91 Å². The molecule has 1 aromatic rings. The van der Waals surface area contributed by atoms with Gasteiger partial charge in [-0.1, -0.05) is 17.7 Å². The number of likely N-dealkylation sites (tertiary alicyclic amines) is 1. The molecule has 122 valence electrons. The van der Waals surface area contributed by atoms with Crippen molar-refractivity contribution in [1.82, 2.24) is 9.80 Å². The van der Waals surface area contributed by atoms with Crippen LogP contribution >= 0.6 is 0 Å². The third-order valence-electron chi connectivity index (χ3n) is 4.36. The van der Waals surface area contributed by atoms with Crippen molar-refractivity contribution in [3.05, 3.63) is 29.3 Å². The van der Waals surface area contributed by atoms with Crippen LogP contribution in [0, 0.1) is 19.8 Å². The molecule has 0 bridgehead atoms. The molecule has 1 saturated heterocycles. The smallest absolute Gasteiger partial charge is 0.222 e. The maximum atomic E-state index is 11.5. The average molecular weight is 304 g/mol. The van der Waals surface area contributed by atoms with Crippen molar-refractivity contribution in [2.24, 2.45) is 5.92 Å². The summed E-state index contributed by atoms with van der Waals surface area (Å²) in [5.41, 5.74) is 2.45. The van der Waals surface area contributed by atoms with E-state index in [9.17, 15) is 4.79 Å². The van der Waals surface area contributed by atoms with E-state index < -0.39 is 0 Å². The zero-order chi connectivity index (χ0) is 16.1. The Morgan fingerprint density at radius 2 is 2.14 bits per heavy atom. The normalized spacial score (nSPS) is 18.9. The van der Waals surface area contributed by atoms with E-state index >= 15 is 0 Å². The second-order valence-corrected chi connectivity index (χ2v) is 6.56. The zero-order valence-electron chi connectivity index (χ0n) is 14.3. The van der Waals surface area contributed by atoms with E-state index in [4.69, 9.17) is 4.74 Å². The van der Waals surface area contributed by atoms with Gasteiger partial charge in [0.15, 0.2) is 0 Å². The minimum atomic E-state index is 0.275. The molecular formula is C18H28N2O2. The zero-order valence-corrected chi connectivity index (χ0v) is 14.3. The quantitative estimate of drug-likeness (QED) is 0.809. The van der Waals surface area contributed by atoms with Crippen molar-refractivity contribution < 1.29 is 9.53 Å². The van der Waals surface area contributed by atoms with Crippen molar-refractivity contribution in [1.29, 1.82) is 0 Å². The molecule has 4 nitrogen and oxygen atoms in total. The molecule has 0 N–H and O–H groups in total. The van der Waals surface area contributed by atoms with Crippen LogP contribution in [-0.4, -0.2) is 56.0 Å². The second kappa shape index (κ2) is 7.63. The maximum Gasteiger partial charge on any atom is 0.222 e. The summed E-state index contributed by atoms with van der Waals surface area (Å²) in [6.07, 6.45) is 1.69. The van der Waals surface area contributed by atoms with Crippen LogP contribution in [0.3, 0.4) is 0 Å². The number of ether oxygens (including phenoxy) is 1. The highest BCUT2D eigenvalue weighted by Gasteiger charge is 2.23. The molecule has 1 atom stereocenters. The van der Waals surface area contributed by atoms with Crippen LogP contribution in [0.2, 0.25) is 0 Å². The predicted molar refractivity (Wildman–Crippen MR) is 89.3 cm³/mol. The lowest BCUT2D eigenvalue weighted by molar-refractivity contribution is -0.133. The first-order valence-corrected chi connectivity index (χ1v) is 8.08. The van der Waals surface area contributed by atoms with Crippen molar-refractivity contribution in [3.63, 3.8) is 0 Å². The van der Waals surface area contributed by atoms with Gasteiger partial charge in [0.25, 0.3) is 0 Å². The van der Waals surface area contributed by atoms with Crippen molar-refractivity contribution >= 4 is 5.91 Å². The molecule has 1 aliphatic rings. The number of likely N-dealkylation sites (N-methyl/N-ethyl adjacent to an activating group) is 1. The lowest BCUT2D eigenvalue weighted by atomic mass is 9.97. The summed E-state index contributed by atoms with van der Waals surface area (Å²) in [6.45, 7) is 7.68. The van der Waals surface area contributed by atoms with Gasteiger partial charge in [0.1, 0.15) is 12.4 Å². The van der Waals surface area contributed by atoms with Crippen LogP contribution in [0.1, 0.15) is 24.0 Å². The molecule has 1 fully saturated rings. The summed E-state index contributed by atoms with van der Waals surface area (Å²) in [4.78, 5) is 15.7. The van der Waals surface area contributed by atoms with Gasteiger partial charge in [-0.15, -0.1) is 0 Å². The third-order valence-corrected chi connectivity index (χ3v) is 4.36. The molecule has 22 heavy (non-hydrogen) atoms. The summed E-state index contributed by atoms with van der Waals surface area (Å²) in [5, 5.41) is 0. The monoisotopic (exact) mass is 304 g/mol. The maximum absolute atomic E-state index is 11.5. The largest absolute Gasteiger partial charge is 0.492 e. The first kappa shape index (κ1) is 16.8. The molecule has 1 aliphatic heterocycles. The molecule has 1 heterocycles. The van der Waals surface area contributed by atoms with Crippen LogP contribution in [0.4, 0.5) is 0 Å². The van der Waals surface area contributed by atoms with Gasteiger partial charge >= 0.3 is 0 Å². The van der Waals surface area contributed by atoms with Gasteiger partial charge in [-0.3, -0.25) is 4.79 Å². The number of hydrogen-bond acceptors (Lipinski definition) is 3. The predicted octanol–water partition coefficient (Wildman–Crippen LogP) is 2.48. The Morgan fingerprint density at radius 3 is 2.82 bits per heavy atom. The fourth-order valence-corrected chi connectivity index (χ4v) is 3.05.